The van der Waals surface area contributed by atoms with Crippen LogP contribution in [0.3, 0.4) is 0 Å². The van der Waals surface area contributed by atoms with Gasteiger partial charge in [-0.3, -0.25) is 0 Å². The van der Waals surface area contributed by atoms with E-state index in [-0.39, 0.29) is 0 Å². The number of aryl methyl sites for hydroxylation is 1. The number of hydrogen-bond acceptors (Lipinski definition) is 2. The minimum atomic E-state index is 0.793. The topological polar surface area (TPSA) is 30.2 Å². The first-order chi connectivity index (χ1) is 5.29. The maximum absolute atomic E-state index is 3.94. The highest BCUT2D eigenvalue weighted by molar-refractivity contribution is 9.10. The molecular formula is C7H6BrN3. The Morgan fingerprint density at radius 2 is 2.27 bits per heavy atom. The molecule has 2 rings (SSSR count). The summed E-state index contributed by atoms with van der Waals surface area (Å²) in [6, 6.07) is 5.95. The Bertz CT molecular complexity index is 393. The Kier molecular flexibility index (Phi) is 1.42. The lowest BCUT2D eigenvalue weighted by molar-refractivity contribution is 0.825. The summed E-state index contributed by atoms with van der Waals surface area (Å²) >= 11 is 3.31. The molecular weight excluding hydrogens is 206 g/mol. The largest absolute Gasteiger partial charge is 0.217 e. The van der Waals surface area contributed by atoms with Gasteiger partial charge in [-0.1, -0.05) is 11.3 Å². The molecule has 2 aromatic rings. The summed E-state index contributed by atoms with van der Waals surface area (Å²) in [5.74, 6) is 0. The summed E-state index contributed by atoms with van der Waals surface area (Å²) in [5, 5.41) is 7.82. The predicted molar refractivity (Wildman–Crippen MR) is 45.4 cm³/mol. The summed E-state index contributed by atoms with van der Waals surface area (Å²) in [6.07, 6.45) is 0. The van der Waals surface area contributed by atoms with Crippen LogP contribution in [0.1, 0.15) is 5.69 Å². The summed E-state index contributed by atoms with van der Waals surface area (Å²) in [5.41, 5.74) is 2.09. The molecule has 2 aromatic heterocycles. The maximum atomic E-state index is 3.94. The van der Waals surface area contributed by atoms with Crippen LogP contribution in [0, 0.1) is 6.92 Å². The van der Waals surface area contributed by atoms with Crippen LogP contribution in [0.25, 0.3) is 5.52 Å². The fraction of sp³-hybridized carbons (Fsp3) is 0.143. The first kappa shape index (κ1) is 6.79. The van der Waals surface area contributed by atoms with Crippen molar-refractivity contribution in [3.05, 3.63) is 28.5 Å². The molecule has 0 amide bonds. The fourth-order valence-electron chi connectivity index (χ4n) is 1.02. The number of hydrogen-bond donors (Lipinski definition) is 0. The Morgan fingerprint density at radius 1 is 1.45 bits per heavy atom. The van der Waals surface area contributed by atoms with Crippen molar-refractivity contribution in [1.82, 2.24) is 14.8 Å². The van der Waals surface area contributed by atoms with Crippen molar-refractivity contribution in [1.29, 1.82) is 0 Å². The van der Waals surface area contributed by atoms with Gasteiger partial charge >= 0.3 is 0 Å². The monoisotopic (exact) mass is 211 g/mol. The van der Waals surface area contributed by atoms with E-state index in [1.54, 1.807) is 4.52 Å². The first-order valence-corrected chi connectivity index (χ1v) is 4.05. The number of halogens is 1. The van der Waals surface area contributed by atoms with E-state index in [0.717, 1.165) is 15.8 Å². The molecule has 0 aliphatic carbocycles. The summed E-state index contributed by atoms with van der Waals surface area (Å²) in [7, 11) is 0. The van der Waals surface area contributed by atoms with E-state index >= 15 is 0 Å². The third kappa shape index (κ3) is 0.939. The highest BCUT2D eigenvalue weighted by atomic mass is 79.9. The van der Waals surface area contributed by atoms with Crippen LogP contribution in [0.2, 0.25) is 0 Å². The van der Waals surface area contributed by atoms with Gasteiger partial charge in [0.1, 0.15) is 5.52 Å². The molecule has 0 N–H and O–H groups in total. The molecule has 0 saturated heterocycles. The van der Waals surface area contributed by atoms with Gasteiger partial charge in [0, 0.05) is 5.69 Å². The van der Waals surface area contributed by atoms with Crippen molar-refractivity contribution in [2.24, 2.45) is 0 Å². The second-order valence-corrected chi connectivity index (χ2v) is 3.10. The van der Waals surface area contributed by atoms with Gasteiger partial charge in [0.2, 0.25) is 0 Å². The van der Waals surface area contributed by atoms with Crippen LogP contribution in [0.5, 0.6) is 0 Å². The van der Waals surface area contributed by atoms with Crippen molar-refractivity contribution in [3.63, 3.8) is 0 Å². The second-order valence-electron chi connectivity index (χ2n) is 2.34. The molecule has 2 heterocycles. The van der Waals surface area contributed by atoms with Crippen molar-refractivity contribution in [3.8, 4) is 0 Å². The lowest BCUT2D eigenvalue weighted by atomic mass is 10.3. The van der Waals surface area contributed by atoms with Crippen molar-refractivity contribution < 1.29 is 0 Å². The van der Waals surface area contributed by atoms with Crippen LogP contribution < -0.4 is 0 Å². The second kappa shape index (κ2) is 2.30. The highest BCUT2D eigenvalue weighted by Crippen LogP contribution is 2.14. The number of fused-ring (bicyclic) bond motifs is 1. The summed E-state index contributed by atoms with van der Waals surface area (Å²) in [6.45, 7) is 1.99. The molecule has 0 unspecified atom stereocenters. The molecule has 56 valence electrons. The van der Waals surface area contributed by atoms with E-state index in [1.165, 1.54) is 0 Å². The molecule has 3 nitrogen and oxygen atoms in total. The molecule has 4 heteroatoms. The lowest BCUT2D eigenvalue weighted by Gasteiger charge is -1.94. The molecule has 0 aromatic carbocycles. The number of nitrogens with zero attached hydrogens (tertiary/aromatic N) is 3. The van der Waals surface area contributed by atoms with E-state index in [9.17, 15) is 0 Å². The third-order valence-corrected chi connectivity index (χ3v) is 2.15. The van der Waals surface area contributed by atoms with Gasteiger partial charge in [-0.05, 0) is 35.0 Å². The third-order valence-electron chi connectivity index (χ3n) is 1.59. The van der Waals surface area contributed by atoms with Crippen LogP contribution >= 0.6 is 15.9 Å². The smallest absolute Gasteiger partial charge is 0.156 e. The van der Waals surface area contributed by atoms with Gasteiger partial charge in [-0.2, -0.15) is 0 Å². The van der Waals surface area contributed by atoms with Crippen molar-refractivity contribution in [2.45, 2.75) is 6.92 Å². The molecule has 0 bridgehead atoms. The highest BCUT2D eigenvalue weighted by Gasteiger charge is 2.01. The zero-order valence-electron chi connectivity index (χ0n) is 5.95. The minimum absolute atomic E-state index is 0.793. The average Bonchev–Trinajstić information content (AvgIpc) is 2.35. The van der Waals surface area contributed by atoms with Crippen LogP contribution in [-0.4, -0.2) is 14.8 Å². The molecule has 0 saturated carbocycles. The minimum Gasteiger partial charge on any atom is -0.217 e. The van der Waals surface area contributed by atoms with Gasteiger partial charge in [-0.25, -0.2) is 4.52 Å². The summed E-state index contributed by atoms with van der Waals surface area (Å²) in [4.78, 5) is 0. The van der Waals surface area contributed by atoms with E-state index in [2.05, 4.69) is 26.2 Å². The molecule has 0 fully saturated rings. The maximum Gasteiger partial charge on any atom is 0.156 e. The molecule has 0 radical (unpaired) electrons. The first-order valence-electron chi connectivity index (χ1n) is 3.25. The van der Waals surface area contributed by atoms with E-state index in [0.29, 0.717) is 0 Å². The predicted octanol–water partition coefficient (Wildman–Crippen LogP) is 1.80. The molecule has 0 aliphatic rings. The molecule has 0 spiro atoms. The Balaban J connectivity index is 2.94. The zero-order chi connectivity index (χ0) is 7.84. The van der Waals surface area contributed by atoms with E-state index in [1.807, 2.05) is 25.1 Å². The SMILES string of the molecule is Cc1cccc2c(Br)nnn12. The zero-order valence-corrected chi connectivity index (χ0v) is 7.54. The number of rotatable bonds is 0. The van der Waals surface area contributed by atoms with E-state index in [4.69, 9.17) is 0 Å². The van der Waals surface area contributed by atoms with Crippen LogP contribution in [0.4, 0.5) is 0 Å². The van der Waals surface area contributed by atoms with Crippen molar-refractivity contribution in [2.75, 3.05) is 0 Å². The standard InChI is InChI=1S/C7H6BrN3/c1-5-3-2-4-6-7(8)9-10-11(5)6/h2-4H,1H3. The molecule has 11 heavy (non-hydrogen) atoms. The molecule has 0 atom stereocenters. The summed E-state index contributed by atoms with van der Waals surface area (Å²) < 4.78 is 2.59. The van der Waals surface area contributed by atoms with Gasteiger partial charge < -0.3 is 0 Å². The normalized spacial score (nSPS) is 10.7. The Hall–Kier alpha value is -0.900. The Morgan fingerprint density at radius 3 is 3.00 bits per heavy atom. The average molecular weight is 212 g/mol. The van der Waals surface area contributed by atoms with E-state index < -0.39 is 0 Å². The quantitative estimate of drug-likeness (QED) is 0.666. The van der Waals surface area contributed by atoms with Gasteiger partial charge in [-0.15, -0.1) is 5.10 Å². The van der Waals surface area contributed by atoms with Gasteiger partial charge in [0.05, 0.1) is 0 Å². The molecule has 0 aliphatic heterocycles. The lowest BCUT2D eigenvalue weighted by Crippen LogP contribution is -1.91. The number of aromatic nitrogens is 3. The van der Waals surface area contributed by atoms with Crippen LogP contribution in [0.15, 0.2) is 22.8 Å². The fourth-order valence-corrected chi connectivity index (χ4v) is 1.39. The Labute approximate surface area is 72.2 Å². The number of pyridine rings is 1. The van der Waals surface area contributed by atoms with Gasteiger partial charge in [0.15, 0.2) is 4.60 Å². The van der Waals surface area contributed by atoms with Crippen LogP contribution in [-0.2, 0) is 0 Å². The van der Waals surface area contributed by atoms with Crippen molar-refractivity contribution >= 4 is 21.4 Å². The van der Waals surface area contributed by atoms with Gasteiger partial charge in [0.25, 0.3) is 0 Å².